The van der Waals surface area contributed by atoms with Crippen molar-refractivity contribution < 1.29 is 26.8 Å². The Morgan fingerprint density at radius 3 is 2.67 bits per heavy atom. The summed E-state index contributed by atoms with van der Waals surface area (Å²) in [7, 11) is -3.37. The van der Waals surface area contributed by atoms with Crippen LogP contribution in [0.25, 0.3) is 0 Å². The number of likely N-dealkylation sites (tertiary alicyclic amines) is 1. The van der Waals surface area contributed by atoms with Crippen LogP contribution in [0.1, 0.15) is 29.0 Å². The predicted molar refractivity (Wildman–Crippen MR) is 109 cm³/mol. The van der Waals surface area contributed by atoms with Gasteiger partial charge in [-0.15, -0.1) is 0 Å². The first-order valence-electron chi connectivity index (χ1n) is 9.30. The van der Waals surface area contributed by atoms with Crippen LogP contribution in [0.2, 0.25) is 0 Å². The maximum atomic E-state index is 14.1. The Morgan fingerprint density at radius 2 is 2.00 bits per heavy atom. The predicted octanol–water partition coefficient (Wildman–Crippen LogP) is 2.52. The van der Waals surface area contributed by atoms with Gasteiger partial charge in [-0.05, 0) is 44.0 Å². The SMILES string of the molecule is Cc1occc1C(=O)Nc1cc(NC(=O)N2CCCC(NS(C)(=O)=O)C2)ccc1F. The zero-order valence-corrected chi connectivity index (χ0v) is 17.4. The Bertz CT molecular complexity index is 1050. The molecular weight excluding hydrogens is 415 g/mol. The van der Waals surface area contributed by atoms with Crippen LogP contribution in [0, 0.1) is 12.7 Å². The van der Waals surface area contributed by atoms with Crippen molar-refractivity contribution in [3.05, 3.63) is 47.7 Å². The first kappa shape index (κ1) is 21.8. The van der Waals surface area contributed by atoms with E-state index >= 15 is 0 Å². The summed E-state index contributed by atoms with van der Waals surface area (Å²) in [5.41, 5.74) is 0.481. The van der Waals surface area contributed by atoms with Gasteiger partial charge in [-0.1, -0.05) is 0 Å². The number of furan rings is 1. The number of nitrogens with zero attached hydrogens (tertiary/aromatic N) is 1. The molecule has 1 saturated heterocycles. The summed E-state index contributed by atoms with van der Waals surface area (Å²) < 4.78 is 44.6. The van der Waals surface area contributed by atoms with E-state index in [9.17, 15) is 22.4 Å². The van der Waals surface area contributed by atoms with E-state index < -0.39 is 27.8 Å². The fourth-order valence-corrected chi connectivity index (χ4v) is 4.07. The minimum atomic E-state index is -3.37. The maximum absolute atomic E-state index is 14.1. The van der Waals surface area contributed by atoms with Crippen molar-refractivity contribution in [2.75, 3.05) is 30.0 Å². The van der Waals surface area contributed by atoms with Gasteiger partial charge in [-0.3, -0.25) is 4.79 Å². The van der Waals surface area contributed by atoms with E-state index in [-0.39, 0.29) is 23.8 Å². The summed E-state index contributed by atoms with van der Waals surface area (Å²) in [4.78, 5) is 26.4. The van der Waals surface area contributed by atoms with Crippen LogP contribution in [0.5, 0.6) is 0 Å². The summed E-state index contributed by atoms with van der Waals surface area (Å²) in [5.74, 6) is -0.785. The zero-order chi connectivity index (χ0) is 21.9. The normalized spacial score (nSPS) is 16.9. The molecule has 3 amide bonds. The monoisotopic (exact) mass is 438 g/mol. The molecule has 0 radical (unpaired) electrons. The largest absolute Gasteiger partial charge is 0.469 e. The summed E-state index contributed by atoms with van der Waals surface area (Å²) in [6.07, 6.45) is 3.72. The van der Waals surface area contributed by atoms with E-state index in [0.717, 1.165) is 12.3 Å². The molecule has 30 heavy (non-hydrogen) atoms. The standard InChI is InChI=1S/C19H23FN4O5S/c1-12-15(7-9-29-12)18(25)22-17-10-13(5-6-16(17)20)21-19(26)24-8-3-4-14(11-24)23-30(2,27)28/h5-7,9-10,14,23H,3-4,8,11H2,1-2H3,(H,21,26)(H,22,25). The van der Waals surface area contributed by atoms with Gasteiger partial charge in [0, 0.05) is 24.8 Å². The van der Waals surface area contributed by atoms with Gasteiger partial charge in [0.25, 0.3) is 5.91 Å². The van der Waals surface area contributed by atoms with Crippen molar-refractivity contribution in [3.63, 3.8) is 0 Å². The topological polar surface area (TPSA) is 121 Å². The average molecular weight is 438 g/mol. The van der Waals surface area contributed by atoms with Crippen molar-refractivity contribution in [2.24, 2.45) is 0 Å². The molecule has 0 saturated carbocycles. The van der Waals surface area contributed by atoms with Crippen molar-refractivity contribution in [1.82, 2.24) is 9.62 Å². The Kier molecular flexibility index (Phi) is 6.42. The number of aryl methyl sites for hydroxylation is 1. The van der Waals surface area contributed by atoms with E-state index in [0.29, 0.717) is 30.8 Å². The third kappa shape index (κ3) is 5.57. The molecule has 0 bridgehead atoms. The Hall–Kier alpha value is -2.92. The van der Waals surface area contributed by atoms with Crippen LogP contribution in [-0.2, 0) is 10.0 Å². The number of rotatable bonds is 5. The fraction of sp³-hybridized carbons (Fsp3) is 0.368. The third-order valence-corrected chi connectivity index (χ3v) is 5.42. The molecule has 2 aromatic rings. The minimum absolute atomic E-state index is 0.0892. The molecule has 1 aliphatic rings. The Morgan fingerprint density at radius 1 is 1.23 bits per heavy atom. The number of amides is 3. The van der Waals surface area contributed by atoms with Gasteiger partial charge in [0.15, 0.2) is 0 Å². The smallest absolute Gasteiger partial charge is 0.321 e. The van der Waals surface area contributed by atoms with Crippen LogP contribution in [0.4, 0.5) is 20.6 Å². The van der Waals surface area contributed by atoms with Gasteiger partial charge in [0.1, 0.15) is 11.6 Å². The van der Waals surface area contributed by atoms with Gasteiger partial charge < -0.3 is 20.0 Å². The number of piperidine rings is 1. The van der Waals surface area contributed by atoms with Gasteiger partial charge >= 0.3 is 6.03 Å². The molecule has 1 fully saturated rings. The van der Waals surface area contributed by atoms with E-state index in [2.05, 4.69) is 15.4 Å². The summed E-state index contributed by atoms with van der Waals surface area (Å²) in [5, 5.41) is 5.12. The van der Waals surface area contributed by atoms with Crippen LogP contribution in [0.3, 0.4) is 0 Å². The molecule has 3 rings (SSSR count). The Labute approximate surface area is 173 Å². The van der Waals surface area contributed by atoms with Crippen molar-refractivity contribution >= 4 is 33.3 Å². The molecule has 3 N–H and O–H groups in total. The lowest BCUT2D eigenvalue weighted by Crippen LogP contribution is -2.50. The summed E-state index contributed by atoms with van der Waals surface area (Å²) in [6, 6.07) is 4.51. The summed E-state index contributed by atoms with van der Waals surface area (Å²) >= 11 is 0. The average Bonchev–Trinajstić information content (AvgIpc) is 3.09. The molecule has 162 valence electrons. The Balaban J connectivity index is 1.66. The van der Waals surface area contributed by atoms with E-state index in [1.54, 1.807) is 6.92 Å². The molecule has 0 spiro atoms. The van der Waals surface area contributed by atoms with Crippen LogP contribution in [0.15, 0.2) is 34.9 Å². The van der Waals surface area contributed by atoms with Gasteiger partial charge in [0.05, 0.1) is 23.8 Å². The summed E-state index contributed by atoms with van der Waals surface area (Å²) in [6.45, 7) is 2.31. The highest BCUT2D eigenvalue weighted by Crippen LogP contribution is 2.22. The van der Waals surface area contributed by atoms with Gasteiger partial charge in [0.2, 0.25) is 10.0 Å². The molecule has 1 atom stereocenters. The number of hydrogen-bond acceptors (Lipinski definition) is 5. The number of carbonyl (C=O) groups excluding carboxylic acids is 2. The third-order valence-electron chi connectivity index (χ3n) is 4.66. The lowest BCUT2D eigenvalue weighted by molar-refractivity contribution is 0.102. The zero-order valence-electron chi connectivity index (χ0n) is 16.6. The molecule has 11 heteroatoms. The molecule has 1 aliphatic heterocycles. The number of halogens is 1. The number of urea groups is 1. The molecular formula is C19H23FN4O5S. The molecule has 1 unspecified atom stereocenters. The first-order valence-corrected chi connectivity index (χ1v) is 11.2. The second-order valence-corrected chi connectivity index (χ2v) is 8.92. The molecule has 1 aromatic heterocycles. The second-order valence-electron chi connectivity index (χ2n) is 7.14. The number of benzene rings is 1. The highest BCUT2D eigenvalue weighted by atomic mass is 32.2. The van der Waals surface area contributed by atoms with Gasteiger partial charge in [-0.25, -0.2) is 22.3 Å². The van der Waals surface area contributed by atoms with E-state index in [1.807, 2.05) is 0 Å². The maximum Gasteiger partial charge on any atom is 0.321 e. The van der Waals surface area contributed by atoms with E-state index in [4.69, 9.17) is 4.42 Å². The molecule has 0 aliphatic carbocycles. The number of sulfonamides is 1. The number of hydrogen-bond donors (Lipinski definition) is 3. The van der Waals surface area contributed by atoms with Gasteiger partial charge in [-0.2, -0.15) is 0 Å². The molecule has 9 nitrogen and oxygen atoms in total. The van der Waals surface area contributed by atoms with E-state index in [1.165, 1.54) is 29.4 Å². The lowest BCUT2D eigenvalue weighted by Gasteiger charge is -2.32. The van der Waals surface area contributed by atoms with Crippen molar-refractivity contribution in [3.8, 4) is 0 Å². The highest BCUT2D eigenvalue weighted by Gasteiger charge is 2.25. The minimum Gasteiger partial charge on any atom is -0.469 e. The quantitative estimate of drug-likeness (QED) is 0.662. The van der Waals surface area contributed by atoms with Crippen LogP contribution in [-0.4, -0.2) is 50.6 Å². The van der Waals surface area contributed by atoms with Crippen molar-refractivity contribution in [2.45, 2.75) is 25.8 Å². The molecule has 2 heterocycles. The number of carbonyl (C=O) groups is 2. The first-order chi connectivity index (χ1) is 14.1. The fourth-order valence-electron chi connectivity index (χ4n) is 3.27. The number of nitrogens with one attached hydrogen (secondary N) is 3. The lowest BCUT2D eigenvalue weighted by atomic mass is 10.1. The molecule has 1 aromatic carbocycles. The number of anilines is 2. The van der Waals surface area contributed by atoms with Crippen LogP contribution >= 0.6 is 0 Å². The highest BCUT2D eigenvalue weighted by molar-refractivity contribution is 7.88. The van der Waals surface area contributed by atoms with Crippen LogP contribution < -0.4 is 15.4 Å². The second kappa shape index (κ2) is 8.84. The van der Waals surface area contributed by atoms with Crippen molar-refractivity contribution in [1.29, 1.82) is 0 Å².